The van der Waals surface area contributed by atoms with Gasteiger partial charge in [-0.3, -0.25) is 9.88 Å². The Labute approximate surface area is 216 Å². The lowest BCUT2D eigenvalue weighted by atomic mass is 9.94. The molecule has 0 atom stereocenters. The molecular weight excluding hydrogens is 440 g/mol. The highest BCUT2D eigenvalue weighted by molar-refractivity contribution is 5.69. The van der Waals surface area contributed by atoms with Gasteiger partial charge in [0.15, 0.2) is 0 Å². The predicted octanol–water partition coefficient (Wildman–Crippen LogP) is 7.52. The molecule has 36 heavy (non-hydrogen) atoms. The van der Waals surface area contributed by atoms with E-state index < -0.39 is 0 Å². The zero-order valence-corrected chi connectivity index (χ0v) is 21.9. The van der Waals surface area contributed by atoms with Crippen LogP contribution in [0, 0.1) is 0 Å². The molecular formula is C33H38N2O. The maximum Gasteiger partial charge on any atom is 0.127 e. The summed E-state index contributed by atoms with van der Waals surface area (Å²) >= 11 is 0. The molecule has 0 unspecified atom stereocenters. The molecule has 186 valence electrons. The highest BCUT2D eigenvalue weighted by Gasteiger charge is 2.16. The lowest BCUT2D eigenvalue weighted by molar-refractivity contribution is 0.249. The molecule has 0 saturated carbocycles. The average molecular weight is 479 g/mol. The largest absolute Gasteiger partial charge is 0.496 e. The molecule has 0 spiro atoms. The predicted molar refractivity (Wildman–Crippen MR) is 150 cm³/mol. The number of hydrogen-bond acceptors (Lipinski definition) is 3. The fourth-order valence-electron chi connectivity index (χ4n) is 4.93. The zero-order chi connectivity index (χ0) is 25.2. The van der Waals surface area contributed by atoms with Crippen LogP contribution in [0.3, 0.4) is 0 Å². The number of aryl methyl sites for hydroxylation is 3. The Hall–Kier alpha value is -3.43. The van der Waals surface area contributed by atoms with Crippen molar-refractivity contribution in [1.29, 1.82) is 0 Å². The molecule has 0 bridgehead atoms. The van der Waals surface area contributed by atoms with Crippen LogP contribution in [0.1, 0.15) is 48.1 Å². The first-order valence-electron chi connectivity index (χ1n) is 13.2. The second-order valence-electron chi connectivity index (χ2n) is 9.33. The first-order valence-corrected chi connectivity index (χ1v) is 13.2. The summed E-state index contributed by atoms with van der Waals surface area (Å²) in [5.74, 6) is 0.911. The van der Waals surface area contributed by atoms with Crippen LogP contribution in [-0.2, 0) is 32.4 Å². The maximum absolute atomic E-state index is 5.91. The summed E-state index contributed by atoms with van der Waals surface area (Å²) in [6.45, 7) is 7.13. The third-order valence-corrected chi connectivity index (χ3v) is 6.84. The number of methoxy groups -OCH3 is 1. The summed E-state index contributed by atoms with van der Waals surface area (Å²) in [5, 5.41) is 0. The van der Waals surface area contributed by atoms with Gasteiger partial charge in [0.1, 0.15) is 5.75 Å². The van der Waals surface area contributed by atoms with Gasteiger partial charge in [-0.2, -0.15) is 0 Å². The Balaban J connectivity index is 1.57. The molecule has 4 aromatic rings. The highest BCUT2D eigenvalue weighted by atomic mass is 16.5. The Morgan fingerprint density at radius 2 is 1.36 bits per heavy atom. The van der Waals surface area contributed by atoms with Crippen LogP contribution in [0.15, 0.2) is 91.1 Å². The average Bonchev–Trinajstić information content (AvgIpc) is 2.93. The molecule has 0 aliphatic rings. The van der Waals surface area contributed by atoms with Gasteiger partial charge in [0.25, 0.3) is 0 Å². The molecule has 0 saturated heterocycles. The molecule has 3 aromatic carbocycles. The van der Waals surface area contributed by atoms with Gasteiger partial charge >= 0.3 is 0 Å². The summed E-state index contributed by atoms with van der Waals surface area (Å²) in [4.78, 5) is 7.46. The van der Waals surface area contributed by atoms with Crippen LogP contribution in [0.25, 0.3) is 11.3 Å². The normalized spacial score (nSPS) is 11.1. The molecule has 4 rings (SSSR count). The Morgan fingerprint density at radius 1 is 0.722 bits per heavy atom. The minimum Gasteiger partial charge on any atom is -0.496 e. The quantitative estimate of drug-likeness (QED) is 0.211. The van der Waals surface area contributed by atoms with E-state index in [2.05, 4.69) is 104 Å². The number of benzene rings is 3. The lowest BCUT2D eigenvalue weighted by Gasteiger charge is -2.24. The van der Waals surface area contributed by atoms with Crippen molar-refractivity contribution in [2.45, 2.75) is 52.6 Å². The van der Waals surface area contributed by atoms with Gasteiger partial charge < -0.3 is 4.74 Å². The summed E-state index contributed by atoms with van der Waals surface area (Å²) < 4.78 is 5.91. The van der Waals surface area contributed by atoms with E-state index in [-0.39, 0.29) is 0 Å². The van der Waals surface area contributed by atoms with Crippen LogP contribution in [0.4, 0.5) is 0 Å². The topological polar surface area (TPSA) is 25.4 Å². The Morgan fingerprint density at radius 3 is 1.97 bits per heavy atom. The number of pyridine rings is 1. The lowest BCUT2D eigenvalue weighted by Crippen LogP contribution is -2.25. The number of aromatic nitrogens is 1. The van der Waals surface area contributed by atoms with E-state index in [0.717, 1.165) is 62.3 Å². The van der Waals surface area contributed by atoms with Crippen LogP contribution < -0.4 is 4.74 Å². The molecule has 0 fully saturated rings. The van der Waals surface area contributed by atoms with Crippen molar-refractivity contribution in [2.24, 2.45) is 0 Å². The number of ether oxygens (including phenoxy) is 1. The third kappa shape index (κ3) is 6.61. The van der Waals surface area contributed by atoms with Gasteiger partial charge in [-0.15, -0.1) is 0 Å². The van der Waals surface area contributed by atoms with Crippen molar-refractivity contribution in [2.75, 3.05) is 13.7 Å². The molecule has 0 N–H and O–H groups in total. The molecule has 3 nitrogen and oxygen atoms in total. The minimum atomic E-state index is 0.802. The highest BCUT2D eigenvalue weighted by Crippen LogP contribution is 2.32. The van der Waals surface area contributed by atoms with Gasteiger partial charge in [-0.05, 0) is 54.5 Å². The second kappa shape index (κ2) is 13.0. The van der Waals surface area contributed by atoms with E-state index in [0.29, 0.717) is 0 Å². The van der Waals surface area contributed by atoms with Crippen LogP contribution in [0.5, 0.6) is 5.75 Å². The maximum atomic E-state index is 5.91. The molecule has 1 aromatic heterocycles. The Kier molecular flexibility index (Phi) is 9.29. The summed E-state index contributed by atoms with van der Waals surface area (Å²) in [5.41, 5.74) is 8.78. The number of hydrogen-bond donors (Lipinski definition) is 0. The standard InChI is InChI=1S/C33H38N2O/c1-4-28-19-12-20-29(5-2)33(28)31-22-32(36-3)30(23-34-31)25-35(24-27-16-10-7-11-17-27)21-13-18-26-14-8-6-9-15-26/h6-12,14-17,19-20,22-23H,4-5,13,18,21,24-25H2,1-3H3. The fourth-order valence-corrected chi connectivity index (χ4v) is 4.93. The smallest absolute Gasteiger partial charge is 0.127 e. The SMILES string of the molecule is CCc1cccc(CC)c1-c1cc(OC)c(CN(CCCc2ccccc2)Cc2ccccc2)cn1. The summed E-state index contributed by atoms with van der Waals surface area (Å²) in [6.07, 6.45) is 6.18. The first kappa shape index (κ1) is 25.7. The third-order valence-electron chi connectivity index (χ3n) is 6.84. The molecule has 0 radical (unpaired) electrons. The molecule has 3 heteroatoms. The fraction of sp³-hybridized carbons (Fsp3) is 0.303. The molecule has 1 heterocycles. The number of nitrogens with zero attached hydrogens (tertiary/aromatic N) is 2. The molecule has 0 amide bonds. The van der Waals surface area contributed by atoms with E-state index in [4.69, 9.17) is 9.72 Å². The van der Waals surface area contributed by atoms with Crippen LogP contribution >= 0.6 is 0 Å². The second-order valence-corrected chi connectivity index (χ2v) is 9.33. The first-order chi connectivity index (χ1) is 17.7. The van der Waals surface area contributed by atoms with Crippen molar-refractivity contribution in [3.8, 4) is 17.0 Å². The van der Waals surface area contributed by atoms with Crippen molar-refractivity contribution < 1.29 is 4.74 Å². The zero-order valence-electron chi connectivity index (χ0n) is 21.9. The van der Waals surface area contributed by atoms with Gasteiger partial charge in [-0.25, -0.2) is 0 Å². The summed E-state index contributed by atoms with van der Waals surface area (Å²) in [6, 6.07) is 30.2. The minimum absolute atomic E-state index is 0.802. The number of rotatable bonds is 12. The van der Waals surface area contributed by atoms with Crippen LogP contribution in [0.2, 0.25) is 0 Å². The molecule has 0 aliphatic carbocycles. The van der Waals surface area contributed by atoms with Gasteiger partial charge in [0.05, 0.1) is 12.8 Å². The van der Waals surface area contributed by atoms with E-state index in [9.17, 15) is 0 Å². The monoisotopic (exact) mass is 478 g/mol. The van der Waals surface area contributed by atoms with E-state index >= 15 is 0 Å². The van der Waals surface area contributed by atoms with E-state index in [1.54, 1.807) is 7.11 Å². The van der Waals surface area contributed by atoms with E-state index in [1.807, 2.05) is 6.20 Å². The summed E-state index contributed by atoms with van der Waals surface area (Å²) in [7, 11) is 1.77. The van der Waals surface area contributed by atoms with Crippen molar-refractivity contribution in [3.05, 3.63) is 119 Å². The van der Waals surface area contributed by atoms with Crippen LogP contribution in [-0.4, -0.2) is 23.5 Å². The Bertz CT molecular complexity index is 1200. The van der Waals surface area contributed by atoms with Gasteiger partial charge in [-0.1, -0.05) is 92.7 Å². The van der Waals surface area contributed by atoms with Crippen molar-refractivity contribution in [3.63, 3.8) is 0 Å². The van der Waals surface area contributed by atoms with Crippen molar-refractivity contribution >= 4 is 0 Å². The van der Waals surface area contributed by atoms with Crippen molar-refractivity contribution in [1.82, 2.24) is 9.88 Å². The van der Waals surface area contributed by atoms with Gasteiger partial charge in [0, 0.05) is 36.5 Å². The molecule has 0 aliphatic heterocycles. The van der Waals surface area contributed by atoms with E-state index in [1.165, 1.54) is 27.8 Å². The van der Waals surface area contributed by atoms with Gasteiger partial charge in [0.2, 0.25) is 0 Å².